The number of hydrogen-bond donors (Lipinski definition) is 2. The van der Waals surface area contributed by atoms with Crippen molar-refractivity contribution < 1.29 is 23.0 Å². The third-order valence-corrected chi connectivity index (χ3v) is 3.34. The van der Waals surface area contributed by atoms with E-state index < -0.39 is 12.6 Å². The number of urea groups is 1. The number of carbonyl (C=O) groups is 1. The minimum Gasteiger partial charge on any atom is -0.492 e. The van der Waals surface area contributed by atoms with Gasteiger partial charge in [-0.15, -0.1) is 0 Å². The van der Waals surface area contributed by atoms with Crippen molar-refractivity contribution in [3.05, 3.63) is 53.6 Å². The summed E-state index contributed by atoms with van der Waals surface area (Å²) in [5.41, 5.74) is 1.90. The van der Waals surface area contributed by atoms with E-state index in [1.807, 2.05) is 31.2 Å². The number of benzene rings is 2. The van der Waals surface area contributed by atoms with Gasteiger partial charge in [0.05, 0.1) is 12.2 Å². The molecule has 2 amide bonds. The Labute approximate surface area is 144 Å². The first kappa shape index (κ1) is 18.5. The Morgan fingerprint density at radius 3 is 2.64 bits per heavy atom. The fourth-order valence-electron chi connectivity index (χ4n) is 2.19. The maximum atomic E-state index is 12.4. The number of amides is 2. The van der Waals surface area contributed by atoms with Gasteiger partial charge in [0.1, 0.15) is 18.1 Å². The molecule has 134 valence electrons. The Hall–Kier alpha value is -2.83. The van der Waals surface area contributed by atoms with E-state index in [2.05, 4.69) is 15.4 Å². The monoisotopic (exact) mass is 350 g/mol. The fourth-order valence-corrected chi connectivity index (χ4v) is 2.19. The smallest absolute Gasteiger partial charge is 0.387 e. The van der Waals surface area contributed by atoms with Crippen molar-refractivity contribution in [3.8, 4) is 11.5 Å². The van der Waals surface area contributed by atoms with Crippen LogP contribution in [0.2, 0.25) is 0 Å². The van der Waals surface area contributed by atoms with Gasteiger partial charge in [0.15, 0.2) is 0 Å². The number of aryl methyl sites for hydroxylation is 2. The van der Waals surface area contributed by atoms with Crippen LogP contribution in [-0.4, -0.2) is 25.8 Å². The van der Waals surface area contributed by atoms with Gasteiger partial charge in [-0.1, -0.05) is 24.3 Å². The maximum Gasteiger partial charge on any atom is 0.387 e. The second-order valence-electron chi connectivity index (χ2n) is 5.37. The molecule has 25 heavy (non-hydrogen) atoms. The Kier molecular flexibility index (Phi) is 6.56. The molecule has 0 aliphatic heterocycles. The molecule has 0 aliphatic carbocycles. The fraction of sp³-hybridized carbons (Fsp3) is 0.278. The van der Waals surface area contributed by atoms with Crippen molar-refractivity contribution in [2.45, 2.75) is 20.5 Å². The van der Waals surface area contributed by atoms with E-state index in [1.54, 1.807) is 19.1 Å². The molecular formula is C18H20F2N2O3. The Morgan fingerprint density at radius 1 is 1.16 bits per heavy atom. The second-order valence-corrected chi connectivity index (χ2v) is 5.37. The van der Waals surface area contributed by atoms with Crippen LogP contribution in [-0.2, 0) is 0 Å². The molecule has 0 bridgehead atoms. The van der Waals surface area contributed by atoms with Crippen molar-refractivity contribution >= 4 is 11.7 Å². The van der Waals surface area contributed by atoms with Gasteiger partial charge in [-0.2, -0.15) is 8.78 Å². The molecule has 7 heteroatoms. The van der Waals surface area contributed by atoms with Crippen LogP contribution >= 0.6 is 0 Å². The minimum atomic E-state index is -2.96. The summed E-state index contributed by atoms with van der Waals surface area (Å²) in [6, 6.07) is 11.7. The summed E-state index contributed by atoms with van der Waals surface area (Å²) in [6.45, 7) is 1.23. The van der Waals surface area contributed by atoms with Gasteiger partial charge < -0.3 is 20.1 Å². The molecule has 0 unspecified atom stereocenters. The highest BCUT2D eigenvalue weighted by molar-refractivity contribution is 5.91. The highest BCUT2D eigenvalue weighted by atomic mass is 19.3. The minimum absolute atomic E-state index is 0.0823. The van der Waals surface area contributed by atoms with Gasteiger partial charge in [0.25, 0.3) is 0 Å². The summed E-state index contributed by atoms with van der Waals surface area (Å²) in [4.78, 5) is 11.9. The van der Waals surface area contributed by atoms with Crippen LogP contribution in [0.4, 0.5) is 19.3 Å². The number of ether oxygens (including phenoxy) is 2. The van der Waals surface area contributed by atoms with Crippen LogP contribution in [0.15, 0.2) is 42.5 Å². The van der Waals surface area contributed by atoms with E-state index in [0.717, 1.165) is 5.56 Å². The first-order chi connectivity index (χ1) is 12.0. The summed E-state index contributed by atoms with van der Waals surface area (Å²) in [5.74, 6) is 0.634. The van der Waals surface area contributed by atoms with Crippen molar-refractivity contribution in [2.24, 2.45) is 0 Å². The zero-order chi connectivity index (χ0) is 18.2. The van der Waals surface area contributed by atoms with E-state index in [9.17, 15) is 13.6 Å². The molecule has 0 saturated heterocycles. The summed E-state index contributed by atoms with van der Waals surface area (Å²) in [6.07, 6.45) is 0. The average molecular weight is 350 g/mol. The molecule has 2 N–H and O–H groups in total. The van der Waals surface area contributed by atoms with Crippen LogP contribution in [0.5, 0.6) is 11.5 Å². The molecule has 5 nitrogen and oxygen atoms in total. The van der Waals surface area contributed by atoms with Crippen molar-refractivity contribution in [1.29, 1.82) is 0 Å². The van der Waals surface area contributed by atoms with Gasteiger partial charge in [-0.05, 0) is 43.2 Å². The maximum absolute atomic E-state index is 12.4. The molecule has 0 saturated carbocycles. The number of anilines is 1. The van der Waals surface area contributed by atoms with Crippen LogP contribution in [0.25, 0.3) is 0 Å². The Balaban J connectivity index is 1.84. The van der Waals surface area contributed by atoms with E-state index >= 15 is 0 Å². The number of nitrogens with one attached hydrogen (secondary N) is 2. The molecule has 0 aliphatic rings. The zero-order valence-electron chi connectivity index (χ0n) is 14.0. The first-order valence-corrected chi connectivity index (χ1v) is 7.74. The predicted octanol–water partition coefficient (Wildman–Crippen LogP) is 4.11. The van der Waals surface area contributed by atoms with E-state index in [4.69, 9.17) is 4.74 Å². The summed E-state index contributed by atoms with van der Waals surface area (Å²) in [5, 5.41) is 5.13. The number of carbonyl (C=O) groups excluding carboxylic acids is 1. The molecule has 0 radical (unpaired) electrons. The lowest BCUT2D eigenvalue weighted by Gasteiger charge is -2.15. The molecule has 0 spiro atoms. The van der Waals surface area contributed by atoms with Crippen LogP contribution < -0.4 is 20.1 Å². The first-order valence-electron chi connectivity index (χ1n) is 7.74. The molecule has 2 aromatic rings. The lowest BCUT2D eigenvalue weighted by atomic mass is 10.2. The van der Waals surface area contributed by atoms with Gasteiger partial charge >= 0.3 is 12.6 Å². The number of halogens is 2. The SMILES string of the molecule is Cc1cccc(OCCNC(=O)Nc2c(C)cccc2OC(F)F)c1. The quantitative estimate of drug-likeness (QED) is 0.739. The number of para-hydroxylation sites is 1. The molecule has 0 atom stereocenters. The number of rotatable bonds is 7. The van der Waals surface area contributed by atoms with Gasteiger partial charge in [0.2, 0.25) is 0 Å². The van der Waals surface area contributed by atoms with Crippen LogP contribution in [0.1, 0.15) is 11.1 Å². The molecule has 0 fully saturated rings. The summed E-state index contributed by atoms with van der Waals surface area (Å²) >= 11 is 0. The largest absolute Gasteiger partial charge is 0.492 e. The third-order valence-electron chi connectivity index (χ3n) is 3.34. The second kappa shape index (κ2) is 8.86. The highest BCUT2D eigenvalue weighted by Crippen LogP contribution is 2.29. The van der Waals surface area contributed by atoms with Crippen molar-refractivity contribution in [1.82, 2.24) is 5.32 Å². The van der Waals surface area contributed by atoms with Crippen LogP contribution in [0, 0.1) is 13.8 Å². The van der Waals surface area contributed by atoms with E-state index in [1.165, 1.54) is 6.07 Å². The topological polar surface area (TPSA) is 59.6 Å². The third kappa shape index (κ3) is 5.95. The van der Waals surface area contributed by atoms with Gasteiger partial charge in [-0.3, -0.25) is 0 Å². The van der Waals surface area contributed by atoms with Gasteiger partial charge in [-0.25, -0.2) is 4.79 Å². The van der Waals surface area contributed by atoms with Crippen LogP contribution in [0.3, 0.4) is 0 Å². The van der Waals surface area contributed by atoms with Crippen molar-refractivity contribution in [2.75, 3.05) is 18.5 Å². The molecule has 0 aromatic heterocycles. The van der Waals surface area contributed by atoms with Crippen molar-refractivity contribution in [3.63, 3.8) is 0 Å². The molecular weight excluding hydrogens is 330 g/mol. The number of hydrogen-bond acceptors (Lipinski definition) is 3. The average Bonchev–Trinajstić information content (AvgIpc) is 2.54. The highest BCUT2D eigenvalue weighted by Gasteiger charge is 2.13. The lowest BCUT2D eigenvalue weighted by molar-refractivity contribution is -0.0493. The zero-order valence-corrected chi connectivity index (χ0v) is 14.0. The molecule has 2 rings (SSSR count). The normalized spacial score (nSPS) is 10.4. The summed E-state index contributed by atoms with van der Waals surface area (Å²) in [7, 11) is 0. The summed E-state index contributed by atoms with van der Waals surface area (Å²) < 4.78 is 34.8. The molecule has 0 heterocycles. The Bertz CT molecular complexity index is 723. The predicted molar refractivity (Wildman–Crippen MR) is 91.5 cm³/mol. The number of alkyl halides is 2. The lowest BCUT2D eigenvalue weighted by Crippen LogP contribution is -2.32. The van der Waals surface area contributed by atoms with Gasteiger partial charge in [0, 0.05) is 0 Å². The standard InChI is InChI=1S/C18H20F2N2O3/c1-12-5-3-7-14(11-12)24-10-9-21-18(23)22-16-13(2)6-4-8-15(16)25-17(19)20/h3-8,11,17H,9-10H2,1-2H3,(H2,21,22,23). The molecule has 2 aromatic carbocycles. The Morgan fingerprint density at radius 2 is 1.92 bits per heavy atom. The van der Waals surface area contributed by atoms with E-state index in [0.29, 0.717) is 11.3 Å². The van der Waals surface area contributed by atoms with E-state index in [-0.39, 0.29) is 24.6 Å².